The first kappa shape index (κ1) is 26.7. The zero-order valence-corrected chi connectivity index (χ0v) is 23.0. The van der Waals surface area contributed by atoms with E-state index >= 15 is 0 Å². The number of hydrogen-bond acceptors (Lipinski definition) is 10. The monoisotopic (exact) mass is 556 g/mol. The number of fused-ring (bicyclic) bond motifs is 1. The van der Waals surface area contributed by atoms with E-state index in [1.165, 1.54) is 12.8 Å². The largest absolute Gasteiger partial charge is 0.368 e. The second kappa shape index (κ2) is 11.9. The molecular weight excluding hydrogens is 524 g/mol. The molecule has 2 fully saturated rings. The van der Waals surface area contributed by atoms with Crippen molar-refractivity contribution in [2.75, 3.05) is 55.6 Å². The van der Waals surface area contributed by atoms with E-state index in [0.717, 1.165) is 45.4 Å². The Balaban J connectivity index is 1.21. The number of hydrogen-bond donors (Lipinski definition) is 2. The third-order valence-corrected chi connectivity index (χ3v) is 8.76. The van der Waals surface area contributed by atoms with Crippen LogP contribution in [0.3, 0.4) is 0 Å². The average Bonchev–Trinajstić information content (AvgIpc) is 3.65. The second-order valence-corrected chi connectivity index (χ2v) is 11.3. The average molecular weight is 557 g/mol. The minimum Gasteiger partial charge on any atom is -0.368 e. The Morgan fingerprint density at radius 3 is 2.50 bits per heavy atom. The number of hydroxylamine groups is 2. The maximum atomic E-state index is 12.9. The molecule has 3 aromatic rings. The van der Waals surface area contributed by atoms with E-state index in [9.17, 15) is 19.3 Å². The number of carbonyl (C=O) groups excluding carboxylic acids is 2. The highest BCUT2D eigenvalue weighted by molar-refractivity contribution is 7.95. The molecule has 1 aromatic carbocycles. The first-order valence-corrected chi connectivity index (χ1v) is 14.6. The lowest BCUT2D eigenvalue weighted by atomic mass is 10.2. The lowest BCUT2D eigenvalue weighted by Crippen LogP contribution is -2.52. The molecule has 12 heteroatoms. The first-order chi connectivity index (χ1) is 18.5. The van der Waals surface area contributed by atoms with Gasteiger partial charge in [0, 0.05) is 75.2 Å². The Labute approximate surface area is 230 Å². The molecule has 0 aliphatic carbocycles. The van der Waals surface area contributed by atoms with Gasteiger partial charge in [-0.05, 0) is 43.2 Å². The van der Waals surface area contributed by atoms with E-state index in [1.54, 1.807) is 23.2 Å². The number of pyridine rings is 1. The highest BCUT2D eigenvalue weighted by atomic mass is 32.2. The summed E-state index contributed by atoms with van der Waals surface area (Å²) in [6.07, 6.45) is 4.48. The van der Waals surface area contributed by atoms with Crippen LogP contribution in [0.4, 0.5) is 11.5 Å². The summed E-state index contributed by atoms with van der Waals surface area (Å²) < 4.78 is 10.7. The van der Waals surface area contributed by atoms with Crippen LogP contribution in [-0.2, 0) is 9.59 Å². The van der Waals surface area contributed by atoms with E-state index < -0.39 is 11.2 Å². The molecule has 10 nitrogen and oxygen atoms in total. The third-order valence-electron chi connectivity index (χ3n) is 7.09. The Kier molecular flexibility index (Phi) is 8.32. The van der Waals surface area contributed by atoms with Crippen LogP contribution in [0, 0.1) is 0 Å². The number of anilines is 2. The molecule has 38 heavy (non-hydrogen) atoms. The molecule has 1 unspecified atom stereocenters. The summed E-state index contributed by atoms with van der Waals surface area (Å²) in [6, 6.07) is 10.4. The summed E-state index contributed by atoms with van der Waals surface area (Å²) in [4.78, 5) is 40.3. The molecule has 2 N–H and O–H groups in total. The minimum absolute atomic E-state index is 0.125. The minimum atomic E-state index is -0.923. The summed E-state index contributed by atoms with van der Waals surface area (Å²) in [5.41, 5.74) is 3.04. The van der Waals surface area contributed by atoms with Crippen molar-refractivity contribution in [2.45, 2.75) is 31.4 Å². The van der Waals surface area contributed by atoms with Gasteiger partial charge in [0.1, 0.15) is 16.1 Å². The number of amides is 2. The fourth-order valence-electron chi connectivity index (χ4n) is 4.87. The molecule has 0 saturated carbocycles. The van der Waals surface area contributed by atoms with Crippen molar-refractivity contribution in [2.24, 2.45) is 0 Å². The van der Waals surface area contributed by atoms with Gasteiger partial charge in [-0.2, -0.15) is 0 Å². The van der Waals surface area contributed by atoms with Crippen LogP contribution in [0.15, 0.2) is 36.5 Å². The van der Waals surface area contributed by atoms with Crippen LogP contribution in [0.1, 0.15) is 26.2 Å². The van der Waals surface area contributed by atoms with Crippen LogP contribution in [0.2, 0.25) is 0 Å². The standard InChI is InChI=1S/C26H32N6O4S2/c1-2-24(33)32(35)17-22(38-36)26(34)31-13-11-29(12-14-31)19-6-7-20-21(15-19)37-25(28-20)18-5-8-23(27-16-18)30-9-3-4-10-30/h5-8,15-16,22,35-36H,2-4,9-14,17H2,1H3. The van der Waals surface area contributed by atoms with Crippen molar-refractivity contribution in [3.8, 4) is 10.6 Å². The SMILES string of the molecule is CCC(=O)N(O)CC(SO)C(=O)N1CCN(c2ccc3nc(-c4ccc(N5CCCC5)nc4)sc3c2)CC1. The maximum absolute atomic E-state index is 12.9. The number of rotatable bonds is 8. The molecule has 0 bridgehead atoms. The van der Waals surface area contributed by atoms with Gasteiger partial charge < -0.3 is 19.3 Å². The quantitative estimate of drug-likeness (QED) is 0.243. The van der Waals surface area contributed by atoms with Gasteiger partial charge in [-0.15, -0.1) is 11.3 Å². The summed E-state index contributed by atoms with van der Waals surface area (Å²) in [5.74, 6) is 0.255. The summed E-state index contributed by atoms with van der Waals surface area (Å²) in [7, 11) is 0. The van der Waals surface area contributed by atoms with Gasteiger partial charge in [0.2, 0.25) is 11.8 Å². The lowest BCUT2D eigenvalue weighted by molar-refractivity contribution is -0.165. The maximum Gasteiger partial charge on any atom is 0.245 e. The van der Waals surface area contributed by atoms with Crippen LogP contribution in [-0.4, -0.2) is 92.6 Å². The lowest BCUT2D eigenvalue weighted by Gasteiger charge is -2.37. The zero-order valence-electron chi connectivity index (χ0n) is 21.3. The van der Waals surface area contributed by atoms with Gasteiger partial charge in [-0.1, -0.05) is 6.92 Å². The van der Waals surface area contributed by atoms with E-state index in [-0.39, 0.29) is 18.9 Å². The number of carbonyl (C=O) groups is 2. The van der Waals surface area contributed by atoms with Gasteiger partial charge in [0.05, 0.1) is 16.8 Å². The van der Waals surface area contributed by atoms with Crippen LogP contribution < -0.4 is 9.80 Å². The third kappa shape index (κ3) is 5.73. The molecule has 2 aliphatic rings. The first-order valence-electron chi connectivity index (χ1n) is 12.9. The van der Waals surface area contributed by atoms with Crippen LogP contribution in [0.5, 0.6) is 0 Å². The number of piperazine rings is 1. The number of thiazole rings is 1. The predicted molar refractivity (Wildman–Crippen MR) is 151 cm³/mol. The molecule has 2 amide bonds. The van der Waals surface area contributed by atoms with E-state index in [0.29, 0.717) is 43.3 Å². The topological polar surface area (TPSA) is 113 Å². The smallest absolute Gasteiger partial charge is 0.245 e. The van der Waals surface area contributed by atoms with Crippen molar-refractivity contribution in [1.29, 1.82) is 0 Å². The van der Waals surface area contributed by atoms with Crippen molar-refractivity contribution in [3.63, 3.8) is 0 Å². The van der Waals surface area contributed by atoms with Crippen molar-refractivity contribution < 1.29 is 19.3 Å². The zero-order chi connectivity index (χ0) is 26.6. The number of nitrogens with zero attached hydrogens (tertiary/aromatic N) is 6. The molecule has 0 radical (unpaired) electrons. The van der Waals surface area contributed by atoms with Crippen molar-refractivity contribution in [1.82, 2.24) is 19.9 Å². The summed E-state index contributed by atoms with van der Waals surface area (Å²) >= 11 is 2.01. The highest BCUT2D eigenvalue weighted by Crippen LogP contribution is 2.33. The number of benzene rings is 1. The van der Waals surface area contributed by atoms with E-state index in [1.807, 2.05) is 12.3 Å². The molecule has 2 aromatic heterocycles. The molecule has 4 heterocycles. The Hall–Kier alpha value is -2.93. The molecule has 2 aliphatic heterocycles. The molecule has 202 valence electrons. The summed E-state index contributed by atoms with van der Waals surface area (Å²) in [6.45, 7) is 5.79. The molecule has 0 spiro atoms. The Morgan fingerprint density at radius 1 is 1.08 bits per heavy atom. The molecule has 1 atom stereocenters. The summed E-state index contributed by atoms with van der Waals surface area (Å²) in [5, 5.41) is 10.4. The van der Waals surface area contributed by atoms with E-state index in [4.69, 9.17) is 4.98 Å². The molecule has 5 rings (SSSR count). The van der Waals surface area contributed by atoms with Gasteiger partial charge in [0.15, 0.2) is 0 Å². The highest BCUT2D eigenvalue weighted by Gasteiger charge is 2.30. The van der Waals surface area contributed by atoms with Crippen LogP contribution in [0.25, 0.3) is 20.8 Å². The van der Waals surface area contributed by atoms with Gasteiger partial charge >= 0.3 is 0 Å². The predicted octanol–water partition coefficient (Wildman–Crippen LogP) is 3.81. The normalized spacial score (nSPS) is 16.8. The molecule has 2 saturated heterocycles. The van der Waals surface area contributed by atoms with Crippen LogP contribution >= 0.6 is 23.4 Å². The van der Waals surface area contributed by atoms with Gasteiger partial charge in [-0.3, -0.25) is 14.8 Å². The molecular formula is C26H32N6O4S2. The second-order valence-electron chi connectivity index (χ2n) is 9.51. The van der Waals surface area contributed by atoms with Crippen molar-refractivity contribution >= 4 is 56.9 Å². The van der Waals surface area contributed by atoms with Gasteiger partial charge in [-0.25, -0.2) is 15.0 Å². The van der Waals surface area contributed by atoms with Gasteiger partial charge in [0.25, 0.3) is 0 Å². The fourth-order valence-corrected chi connectivity index (χ4v) is 6.30. The fraction of sp³-hybridized carbons (Fsp3) is 0.462. The number of aromatic nitrogens is 2. The Morgan fingerprint density at radius 2 is 1.84 bits per heavy atom. The Bertz CT molecular complexity index is 1270. The van der Waals surface area contributed by atoms with Crippen molar-refractivity contribution in [3.05, 3.63) is 36.5 Å². The van der Waals surface area contributed by atoms with E-state index in [2.05, 4.69) is 39.0 Å².